The Morgan fingerprint density at radius 3 is 2.73 bits per heavy atom. The van der Waals surface area contributed by atoms with Crippen molar-refractivity contribution in [1.82, 2.24) is 5.32 Å². The molecule has 0 amide bonds. The van der Waals surface area contributed by atoms with E-state index in [0.29, 0.717) is 0 Å². The molecule has 0 unspecified atom stereocenters. The van der Waals surface area contributed by atoms with Crippen molar-refractivity contribution in [2.24, 2.45) is 5.92 Å². The van der Waals surface area contributed by atoms with E-state index in [2.05, 4.69) is 19.2 Å². The maximum absolute atomic E-state index is 3.56. The Morgan fingerprint density at radius 2 is 2.18 bits per heavy atom. The maximum Gasteiger partial charge on any atom is 0.00724 e. The zero-order valence-corrected chi connectivity index (χ0v) is 8.41. The van der Waals surface area contributed by atoms with Gasteiger partial charge in [0.25, 0.3) is 0 Å². The molecule has 0 saturated heterocycles. The Morgan fingerprint density at radius 1 is 1.45 bits per heavy atom. The average molecular weight is 173 g/mol. The molecule has 1 aliphatic rings. The van der Waals surface area contributed by atoms with Gasteiger partial charge in [0.1, 0.15) is 0 Å². The summed E-state index contributed by atoms with van der Waals surface area (Å²) < 4.78 is 0. The van der Waals surface area contributed by atoms with Gasteiger partial charge in [0, 0.05) is 18.3 Å². The van der Waals surface area contributed by atoms with E-state index >= 15 is 0 Å². The lowest BCUT2D eigenvalue weighted by atomic mass is 9.82. The quantitative estimate of drug-likeness (QED) is 0.639. The lowest BCUT2D eigenvalue weighted by Gasteiger charge is -2.33. The molecule has 0 aromatic rings. The molecular formula is C9H19NS. The SMILES string of the molecule is CCSCCNC1CC(C)C1. The molecule has 1 rings (SSSR count). The van der Waals surface area contributed by atoms with Crippen molar-refractivity contribution in [2.75, 3.05) is 18.1 Å². The minimum absolute atomic E-state index is 0.849. The van der Waals surface area contributed by atoms with Crippen LogP contribution in [0.15, 0.2) is 0 Å². The van der Waals surface area contributed by atoms with Crippen molar-refractivity contribution in [2.45, 2.75) is 32.7 Å². The molecule has 1 N–H and O–H groups in total. The minimum atomic E-state index is 0.849. The zero-order chi connectivity index (χ0) is 8.10. The molecule has 0 aromatic carbocycles. The Balaban J connectivity index is 1.81. The fourth-order valence-electron chi connectivity index (χ4n) is 1.55. The highest BCUT2D eigenvalue weighted by atomic mass is 32.2. The molecule has 1 nitrogen and oxygen atoms in total. The molecule has 1 fully saturated rings. The molecule has 2 heteroatoms. The van der Waals surface area contributed by atoms with Crippen LogP contribution in [0.3, 0.4) is 0 Å². The highest BCUT2D eigenvalue weighted by Crippen LogP contribution is 2.25. The van der Waals surface area contributed by atoms with Gasteiger partial charge in [0.2, 0.25) is 0 Å². The zero-order valence-electron chi connectivity index (χ0n) is 7.60. The van der Waals surface area contributed by atoms with Crippen LogP contribution in [0.1, 0.15) is 26.7 Å². The topological polar surface area (TPSA) is 12.0 Å². The fourth-order valence-corrected chi connectivity index (χ4v) is 2.10. The third-order valence-electron chi connectivity index (χ3n) is 2.26. The second-order valence-electron chi connectivity index (χ2n) is 3.42. The van der Waals surface area contributed by atoms with Gasteiger partial charge in [-0.05, 0) is 24.5 Å². The first kappa shape index (κ1) is 9.40. The fraction of sp³-hybridized carbons (Fsp3) is 1.00. The van der Waals surface area contributed by atoms with Crippen LogP contribution in [-0.4, -0.2) is 24.1 Å². The summed E-state index contributed by atoms with van der Waals surface area (Å²) in [6, 6.07) is 0.849. The third-order valence-corrected chi connectivity index (χ3v) is 3.16. The molecule has 0 radical (unpaired) electrons. The molecular weight excluding hydrogens is 154 g/mol. The van der Waals surface area contributed by atoms with Crippen LogP contribution in [0.4, 0.5) is 0 Å². The van der Waals surface area contributed by atoms with Gasteiger partial charge in [-0.15, -0.1) is 0 Å². The van der Waals surface area contributed by atoms with Crippen LogP contribution < -0.4 is 5.32 Å². The summed E-state index contributed by atoms with van der Waals surface area (Å²) in [5.74, 6) is 3.51. The van der Waals surface area contributed by atoms with E-state index in [1.807, 2.05) is 11.8 Å². The van der Waals surface area contributed by atoms with Crippen LogP contribution in [0.25, 0.3) is 0 Å². The van der Waals surface area contributed by atoms with E-state index in [1.54, 1.807) is 0 Å². The standard InChI is InChI=1S/C9H19NS/c1-3-11-5-4-10-9-6-8(2)7-9/h8-10H,3-7H2,1-2H3. The van der Waals surface area contributed by atoms with Gasteiger partial charge in [-0.1, -0.05) is 13.8 Å². The highest BCUT2D eigenvalue weighted by molar-refractivity contribution is 7.99. The maximum atomic E-state index is 3.56. The first-order valence-electron chi connectivity index (χ1n) is 4.64. The van der Waals surface area contributed by atoms with Crippen molar-refractivity contribution < 1.29 is 0 Å². The summed E-state index contributed by atoms with van der Waals surface area (Å²) in [6.45, 7) is 5.75. The monoisotopic (exact) mass is 173 g/mol. The second kappa shape index (κ2) is 5.04. The Hall–Kier alpha value is 0.310. The highest BCUT2D eigenvalue weighted by Gasteiger charge is 2.23. The molecule has 11 heavy (non-hydrogen) atoms. The van der Waals surface area contributed by atoms with E-state index < -0.39 is 0 Å². The molecule has 66 valence electrons. The summed E-state index contributed by atoms with van der Waals surface area (Å²) in [4.78, 5) is 0. The van der Waals surface area contributed by atoms with Crippen molar-refractivity contribution in [1.29, 1.82) is 0 Å². The average Bonchev–Trinajstić information content (AvgIpc) is 1.94. The van der Waals surface area contributed by atoms with Crippen molar-refractivity contribution in [3.05, 3.63) is 0 Å². The van der Waals surface area contributed by atoms with E-state index in [4.69, 9.17) is 0 Å². The molecule has 0 atom stereocenters. The van der Waals surface area contributed by atoms with Crippen molar-refractivity contribution >= 4 is 11.8 Å². The van der Waals surface area contributed by atoms with E-state index in [1.165, 1.54) is 30.9 Å². The molecule has 0 aromatic heterocycles. The smallest absolute Gasteiger partial charge is 0.00724 e. The van der Waals surface area contributed by atoms with Gasteiger partial charge >= 0.3 is 0 Å². The molecule has 0 heterocycles. The van der Waals surface area contributed by atoms with Gasteiger partial charge in [0.05, 0.1) is 0 Å². The van der Waals surface area contributed by atoms with Gasteiger partial charge in [-0.25, -0.2) is 0 Å². The molecule has 1 aliphatic carbocycles. The third kappa shape index (κ3) is 3.48. The number of nitrogens with one attached hydrogen (secondary N) is 1. The first-order chi connectivity index (χ1) is 5.33. The number of rotatable bonds is 5. The predicted molar refractivity (Wildman–Crippen MR) is 53.2 cm³/mol. The predicted octanol–water partition coefficient (Wildman–Crippen LogP) is 2.13. The Bertz CT molecular complexity index is 99.7. The summed E-state index contributed by atoms with van der Waals surface area (Å²) in [7, 11) is 0. The summed E-state index contributed by atoms with van der Waals surface area (Å²) in [5.41, 5.74) is 0. The number of hydrogen-bond acceptors (Lipinski definition) is 2. The van der Waals surface area contributed by atoms with Crippen molar-refractivity contribution in [3.8, 4) is 0 Å². The van der Waals surface area contributed by atoms with Gasteiger partial charge in [-0.2, -0.15) is 11.8 Å². The lowest BCUT2D eigenvalue weighted by molar-refractivity contribution is 0.246. The summed E-state index contributed by atoms with van der Waals surface area (Å²) in [5, 5.41) is 3.56. The van der Waals surface area contributed by atoms with Gasteiger partial charge < -0.3 is 5.32 Å². The molecule has 0 bridgehead atoms. The summed E-state index contributed by atoms with van der Waals surface area (Å²) >= 11 is 2.02. The summed E-state index contributed by atoms with van der Waals surface area (Å²) in [6.07, 6.45) is 2.80. The van der Waals surface area contributed by atoms with Crippen LogP contribution >= 0.6 is 11.8 Å². The van der Waals surface area contributed by atoms with Gasteiger partial charge in [0.15, 0.2) is 0 Å². The number of thioether (sulfide) groups is 1. The van der Waals surface area contributed by atoms with Crippen molar-refractivity contribution in [3.63, 3.8) is 0 Å². The molecule has 0 aliphatic heterocycles. The van der Waals surface area contributed by atoms with Crippen LogP contribution in [0.5, 0.6) is 0 Å². The Labute approximate surface area is 74.3 Å². The van der Waals surface area contributed by atoms with Crippen LogP contribution in [0, 0.1) is 5.92 Å². The van der Waals surface area contributed by atoms with Gasteiger partial charge in [-0.3, -0.25) is 0 Å². The lowest BCUT2D eigenvalue weighted by Crippen LogP contribution is -2.41. The van der Waals surface area contributed by atoms with E-state index in [-0.39, 0.29) is 0 Å². The van der Waals surface area contributed by atoms with E-state index in [0.717, 1.165) is 12.0 Å². The van der Waals surface area contributed by atoms with Crippen LogP contribution in [0.2, 0.25) is 0 Å². The van der Waals surface area contributed by atoms with Crippen LogP contribution in [-0.2, 0) is 0 Å². The first-order valence-corrected chi connectivity index (χ1v) is 5.79. The molecule has 0 spiro atoms. The Kier molecular flexibility index (Phi) is 4.31. The van der Waals surface area contributed by atoms with E-state index in [9.17, 15) is 0 Å². The largest absolute Gasteiger partial charge is 0.313 e. The minimum Gasteiger partial charge on any atom is -0.313 e. The number of hydrogen-bond donors (Lipinski definition) is 1. The second-order valence-corrected chi connectivity index (χ2v) is 4.82. The molecule has 1 saturated carbocycles. The normalized spacial score (nSPS) is 30.0.